The third-order valence-electron chi connectivity index (χ3n) is 2.08. The Balaban J connectivity index is 0.000001000. The van der Waals surface area contributed by atoms with Crippen molar-refractivity contribution in [3.8, 4) is 0 Å². The van der Waals surface area contributed by atoms with Crippen LogP contribution in [0, 0.1) is 0 Å². The molecule has 11 heavy (non-hydrogen) atoms. The molecular weight excluding hydrogens is 206 g/mol. The van der Waals surface area contributed by atoms with Gasteiger partial charge in [-0.1, -0.05) is 6.42 Å². The van der Waals surface area contributed by atoms with Crippen LogP contribution in [0.4, 0.5) is 0 Å². The zero-order valence-electron chi connectivity index (χ0n) is 6.96. The Morgan fingerprint density at radius 3 is 2.27 bits per heavy atom. The van der Waals surface area contributed by atoms with Gasteiger partial charge in [-0.05, 0) is 32.4 Å². The van der Waals surface area contributed by atoms with E-state index in [2.05, 4.69) is 4.90 Å². The van der Waals surface area contributed by atoms with Crippen molar-refractivity contribution in [2.24, 2.45) is 0 Å². The third kappa shape index (κ3) is 4.77. The first kappa shape index (κ1) is 11.4. The number of hydrogen-bond donors (Lipinski definition) is 1. The molecule has 1 saturated heterocycles. The smallest absolute Gasteiger partial charge is 0.0443 e. The van der Waals surface area contributed by atoms with Crippen molar-refractivity contribution in [1.82, 2.24) is 4.90 Å². The number of aliphatic hydroxyl groups excluding tert-OH is 1. The fraction of sp³-hybridized carbons (Fsp3) is 1.00. The number of aliphatic hydroxyl groups is 1. The molecule has 3 heteroatoms. The van der Waals surface area contributed by atoms with E-state index in [1.54, 1.807) is 0 Å². The predicted octanol–water partition coefficient (Wildman–Crippen LogP) is 1.43. The van der Waals surface area contributed by atoms with Gasteiger partial charge < -0.3 is 10.0 Å². The lowest BCUT2D eigenvalue weighted by Gasteiger charge is -2.25. The highest BCUT2D eigenvalue weighted by Gasteiger charge is 2.07. The van der Waals surface area contributed by atoms with Gasteiger partial charge in [0.15, 0.2) is 0 Å². The van der Waals surface area contributed by atoms with E-state index in [0.29, 0.717) is 6.61 Å². The molecule has 1 heterocycles. The van der Waals surface area contributed by atoms with Crippen molar-refractivity contribution < 1.29 is 5.11 Å². The summed E-state index contributed by atoms with van der Waals surface area (Å²) < 4.78 is 0. The van der Waals surface area contributed by atoms with Gasteiger partial charge in [-0.15, -0.1) is 17.0 Å². The van der Waals surface area contributed by atoms with Crippen LogP contribution in [0.1, 0.15) is 25.7 Å². The molecule has 1 rings (SSSR count). The molecule has 1 aliphatic rings. The molecule has 0 unspecified atom stereocenters. The fourth-order valence-corrected chi connectivity index (χ4v) is 1.48. The van der Waals surface area contributed by atoms with E-state index in [1.807, 2.05) is 0 Å². The van der Waals surface area contributed by atoms with E-state index in [0.717, 1.165) is 13.0 Å². The maximum absolute atomic E-state index is 8.57. The highest BCUT2D eigenvalue weighted by atomic mass is 79.9. The summed E-state index contributed by atoms with van der Waals surface area (Å²) in [4.78, 5) is 2.44. The van der Waals surface area contributed by atoms with Crippen molar-refractivity contribution in [3.05, 3.63) is 0 Å². The minimum absolute atomic E-state index is 0. The lowest BCUT2D eigenvalue weighted by molar-refractivity contribution is 0.198. The van der Waals surface area contributed by atoms with Crippen LogP contribution in [-0.2, 0) is 0 Å². The molecule has 0 aromatic heterocycles. The van der Waals surface area contributed by atoms with Gasteiger partial charge in [0, 0.05) is 13.2 Å². The molecule has 68 valence electrons. The van der Waals surface area contributed by atoms with Crippen molar-refractivity contribution in [3.63, 3.8) is 0 Å². The highest BCUT2D eigenvalue weighted by Crippen LogP contribution is 2.08. The van der Waals surface area contributed by atoms with Crippen LogP contribution in [0.2, 0.25) is 0 Å². The minimum Gasteiger partial charge on any atom is -0.396 e. The maximum Gasteiger partial charge on any atom is 0.0443 e. The molecule has 1 N–H and O–H groups in total. The Bertz CT molecular complexity index is 84.2. The standard InChI is InChI=1S/C8H17NO.BrH/c10-8-4-7-9-5-2-1-3-6-9;/h10H,1-8H2;1H. The van der Waals surface area contributed by atoms with Crippen LogP contribution >= 0.6 is 17.0 Å². The Kier molecular flexibility index (Phi) is 7.33. The average Bonchev–Trinajstić information content (AvgIpc) is 2.03. The molecule has 0 saturated carbocycles. The van der Waals surface area contributed by atoms with E-state index in [4.69, 9.17) is 5.11 Å². The first-order valence-electron chi connectivity index (χ1n) is 4.26. The van der Waals surface area contributed by atoms with Crippen molar-refractivity contribution in [2.45, 2.75) is 25.7 Å². The SMILES string of the molecule is Br.OCCCN1CCCCC1. The Morgan fingerprint density at radius 1 is 1.09 bits per heavy atom. The third-order valence-corrected chi connectivity index (χ3v) is 2.08. The van der Waals surface area contributed by atoms with Gasteiger partial charge in [0.05, 0.1) is 0 Å². The van der Waals surface area contributed by atoms with Crippen LogP contribution in [0.5, 0.6) is 0 Å². The highest BCUT2D eigenvalue weighted by molar-refractivity contribution is 8.93. The number of rotatable bonds is 3. The zero-order valence-corrected chi connectivity index (χ0v) is 8.67. The maximum atomic E-state index is 8.57. The lowest BCUT2D eigenvalue weighted by atomic mass is 10.1. The van der Waals surface area contributed by atoms with Gasteiger partial charge >= 0.3 is 0 Å². The second-order valence-corrected chi connectivity index (χ2v) is 2.98. The Labute approximate surface area is 79.4 Å². The normalized spacial score (nSPS) is 19.4. The molecule has 1 aliphatic heterocycles. The monoisotopic (exact) mass is 223 g/mol. The van der Waals surface area contributed by atoms with E-state index in [-0.39, 0.29) is 17.0 Å². The van der Waals surface area contributed by atoms with Crippen molar-refractivity contribution in [2.75, 3.05) is 26.2 Å². The minimum atomic E-state index is 0. The summed E-state index contributed by atoms with van der Waals surface area (Å²) in [5, 5.41) is 8.57. The summed E-state index contributed by atoms with van der Waals surface area (Å²) in [5.74, 6) is 0. The molecule has 0 atom stereocenters. The lowest BCUT2D eigenvalue weighted by Crippen LogP contribution is -2.30. The van der Waals surface area contributed by atoms with Crippen LogP contribution in [0.15, 0.2) is 0 Å². The summed E-state index contributed by atoms with van der Waals surface area (Å²) in [6.45, 7) is 3.94. The predicted molar refractivity (Wildman–Crippen MR) is 52.3 cm³/mol. The second kappa shape index (κ2) is 7.07. The van der Waals surface area contributed by atoms with Crippen LogP contribution in [-0.4, -0.2) is 36.2 Å². The Morgan fingerprint density at radius 2 is 1.73 bits per heavy atom. The van der Waals surface area contributed by atoms with Gasteiger partial charge in [-0.3, -0.25) is 0 Å². The molecule has 2 nitrogen and oxygen atoms in total. The largest absolute Gasteiger partial charge is 0.396 e. The molecule has 0 aliphatic carbocycles. The molecule has 0 spiro atoms. The number of nitrogens with zero attached hydrogens (tertiary/aromatic N) is 1. The molecule has 0 aromatic carbocycles. The Hall–Kier alpha value is 0.400. The first-order valence-corrected chi connectivity index (χ1v) is 4.26. The summed E-state index contributed by atoms with van der Waals surface area (Å²) in [7, 11) is 0. The van der Waals surface area contributed by atoms with Gasteiger partial charge in [0.25, 0.3) is 0 Å². The van der Waals surface area contributed by atoms with Crippen LogP contribution in [0.3, 0.4) is 0 Å². The number of likely N-dealkylation sites (tertiary alicyclic amines) is 1. The summed E-state index contributed by atoms with van der Waals surface area (Å²) in [6.07, 6.45) is 5.05. The van der Waals surface area contributed by atoms with E-state index < -0.39 is 0 Å². The average molecular weight is 224 g/mol. The van der Waals surface area contributed by atoms with Gasteiger partial charge in [-0.25, -0.2) is 0 Å². The molecule has 0 amide bonds. The molecule has 0 bridgehead atoms. The number of halogens is 1. The molecular formula is C8H18BrNO. The van der Waals surface area contributed by atoms with E-state index in [1.165, 1.54) is 32.4 Å². The second-order valence-electron chi connectivity index (χ2n) is 2.98. The fourth-order valence-electron chi connectivity index (χ4n) is 1.48. The quantitative estimate of drug-likeness (QED) is 0.783. The summed E-state index contributed by atoms with van der Waals surface area (Å²) in [5.41, 5.74) is 0. The topological polar surface area (TPSA) is 23.5 Å². The van der Waals surface area contributed by atoms with Crippen LogP contribution < -0.4 is 0 Å². The van der Waals surface area contributed by atoms with Gasteiger partial charge in [0.2, 0.25) is 0 Å². The zero-order chi connectivity index (χ0) is 7.23. The number of piperidine rings is 1. The summed E-state index contributed by atoms with van der Waals surface area (Å²) >= 11 is 0. The van der Waals surface area contributed by atoms with E-state index >= 15 is 0 Å². The summed E-state index contributed by atoms with van der Waals surface area (Å²) in [6, 6.07) is 0. The van der Waals surface area contributed by atoms with E-state index in [9.17, 15) is 0 Å². The first-order chi connectivity index (χ1) is 4.93. The van der Waals surface area contributed by atoms with Crippen molar-refractivity contribution in [1.29, 1.82) is 0 Å². The van der Waals surface area contributed by atoms with Gasteiger partial charge in [-0.2, -0.15) is 0 Å². The van der Waals surface area contributed by atoms with Crippen LogP contribution in [0.25, 0.3) is 0 Å². The van der Waals surface area contributed by atoms with Crippen molar-refractivity contribution >= 4 is 17.0 Å². The van der Waals surface area contributed by atoms with Gasteiger partial charge in [0.1, 0.15) is 0 Å². The number of hydrogen-bond acceptors (Lipinski definition) is 2. The molecule has 0 aromatic rings. The molecule has 0 radical (unpaired) electrons. The molecule has 1 fully saturated rings.